The third kappa shape index (κ3) is 3.88. The fourth-order valence-corrected chi connectivity index (χ4v) is 2.78. The van der Waals surface area contributed by atoms with Crippen LogP contribution < -0.4 is 5.32 Å². The zero-order valence-electron chi connectivity index (χ0n) is 13.8. The van der Waals surface area contributed by atoms with Crippen molar-refractivity contribution in [2.75, 3.05) is 19.8 Å². The number of carbonyl (C=O) groups is 2. The molecule has 1 aromatic heterocycles. The molecule has 0 bridgehead atoms. The molecule has 0 spiro atoms. The highest BCUT2D eigenvalue weighted by atomic mass is 19.1. The van der Waals surface area contributed by atoms with Crippen molar-refractivity contribution < 1.29 is 23.1 Å². The normalized spacial score (nSPS) is 17.4. The Morgan fingerprint density at radius 2 is 2.20 bits per heavy atom. The Morgan fingerprint density at radius 1 is 1.36 bits per heavy atom. The lowest BCUT2D eigenvalue weighted by atomic mass is 10.1. The van der Waals surface area contributed by atoms with E-state index in [-0.39, 0.29) is 25.0 Å². The second-order valence-corrected chi connectivity index (χ2v) is 5.80. The molecule has 0 saturated carbocycles. The first-order valence-corrected chi connectivity index (χ1v) is 8.01. The van der Waals surface area contributed by atoms with Crippen LogP contribution in [0.5, 0.6) is 0 Å². The van der Waals surface area contributed by atoms with E-state index in [0.29, 0.717) is 30.0 Å². The smallest absolute Gasteiger partial charge is 0.245 e. The largest absolute Gasteiger partial charge is 0.464 e. The SMILES string of the molecule is CC(=O)N1CCOCC1C(=O)NCc1ccc(-c2ccco2)cc1F. The Labute approximate surface area is 144 Å². The Hall–Kier alpha value is -2.67. The van der Waals surface area contributed by atoms with E-state index >= 15 is 0 Å². The summed E-state index contributed by atoms with van der Waals surface area (Å²) < 4.78 is 24.8. The van der Waals surface area contributed by atoms with Crippen molar-refractivity contribution in [1.29, 1.82) is 0 Å². The minimum absolute atomic E-state index is 0.0331. The van der Waals surface area contributed by atoms with Gasteiger partial charge in [0, 0.05) is 31.1 Å². The maximum atomic E-state index is 14.3. The fourth-order valence-electron chi connectivity index (χ4n) is 2.78. The summed E-state index contributed by atoms with van der Waals surface area (Å²) in [5.74, 6) is -0.398. The summed E-state index contributed by atoms with van der Waals surface area (Å²) in [6.07, 6.45) is 1.52. The molecule has 132 valence electrons. The number of nitrogens with zero attached hydrogens (tertiary/aromatic N) is 1. The van der Waals surface area contributed by atoms with Gasteiger partial charge in [-0.25, -0.2) is 4.39 Å². The monoisotopic (exact) mass is 346 g/mol. The van der Waals surface area contributed by atoms with Gasteiger partial charge < -0.3 is 19.4 Å². The van der Waals surface area contributed by atoms with Gasteiger partial charge in [-0.05, 0) is 18.2 Å². The predicted molar refractivity (Wildman–Crippen MR) is 87.9 cm³/mol. The quantitative estimate of drug-likeness (QED) is 0.918. The Kier molecular flexibility index (Phi) is 5.14. The molecule has 6 nitrogen and oxygen atoms in total. The second kappa shape index (κ2) is 7.48. The van der Waals surface area contributed by atoms with E-state index in [1.54, 1.807) is 24.3 Å². The summed E-state index contributed by atoms with van der Waals surface area (Å²) in [6.45, 7) is 2.38. The molecule has 0 radical (unpaired) electrons. The molecule has 2 amide bonds. The molecule has 1 atom stereocenters. The lowest BCUT2D eigenvalue weighted by molar-refractivity contribution is -0.147. The van der Waals surface area contributed by atoms with Crippen LogP contribution in [0.3, 0.4) is 0 Å². The molecule has 7 heteroatoms. The second-order valence-electron chi connectivity index (χ2n) is 5.80. The fraction of sp³-hybridized carbons (Fsp3) is 0.333. The van der Waals surface area contributed by atoms with E-state index in [9.17, 15) is 14.0 Å². The van der Waals surface area contributed by atoms with Gasteiger partial charge in [-0.2, -0.15) is 0 Å². The maximum absolute atomic E-state index is 14.3. The standard InChI is InChI=1S/C18H19FN2O4/c1-12(22)21-6-8-24-11-16(21)18(23)20-10-14-5-4-13(9-15(14)19)17-3-2-7-25-17/h2-5,7,9,16H,6,8,10-11H2,1H3,(H,20,23). The van der Waals surface area contributed by atoms with Crippen LogP contribution in [0.2, 0.25) is 0 Å². The number of morpholine rings is 1. The van der Waals surface area contributed by atoms with E-state index in [1.807, 2.05) is 0 Å². The summed E-state index contributed by atoms with van der Waals surface area (Å²) in [4.78, 5) is 25.4. The molecule has 1 saturated heterocycles. The van der Waals surface area contributed by atoms with Crippen LogP contribution in [0.15, 0.2) is 41.0 Å². The molecule has 1 aliphatic heterocycles. The minimum Gasteiger partial charge on any atom is -0.464 e. The lowest BCUT2D eigenvalue weighted by Crippen LogP contribution is -2.55. The number of amides is 2. The van der Waals surface area contributed by atoms with Gasteiger partial charge in [-0.1, -0.05) is 12.1 Å². The highest BCUT2D eigenvalue weighted by Crippen LogP contribution is 2.22. The Morgan fingerprint density at radius 3 is 2.88 bits per heavy atom. The molecule has 3 rings (SSSR count). The zero-order chi connectivity index (χ0) is 17.8. The molecule has 1 N–H and O–H groups in total. The first kappa shape index (κ1) is 17.2. The first-order valence-electron chi connectivity index (χ1n) is 8.01. The summed E-state index contributed by atoms with van der Waals surface area (Å²) >= 11 is 0. The van der Waals surface area contributed by atoms with Gasteiger partial charge >= 0.3 is 0 Å². The minimum atomic E-state index is -0.684. The molecule has 1 fully saturated rings. The van der Waals surface area contributed by atoms with Crippen molar-refractivity contribution in [3.8, 4) is 11.3 Å². The number of halogens is 1. The average molecular weight is 346 g/mol. The van der Waals surface area contributed by atoms with Gasteiger partial charge in [0.15, 0.2) is 0 Å². The van der Waals surface area contributed by atoms with Gasteiger partial charge in [-0.15, -0.1) is 0 Å². The highest BCUT2D eigenvalue weighted by Gasteiger charge is 2.30. The van der Waals surface area contributed by atoms with Gasteiger partial charge in [0.2, 0.25) is 11.8 Å². The molecular formula is C18H19FN2O4. The Bertz CT molecular complexity index is 760. The Balaban J connectivity index is 1.65. The predicted octanol–water partition coefficient (Wildman–Crippen LogP) is 1.95. The van der Waals surface area contributed by atoms with Gasteiger partial charge in [-0.3, -0.25) is 9.59 Å². The average Bonchev–Trinajstić information content (AvgIpc) is 3.15. The van der Waals surface area contributed by atoms with Crippen LogP contribution in [-0.2, 0) is 20.9 Å². The number of hydrogen-bond donors (Lipinski definition) is 1. The van der Waals surface area contributed by atoms with E-state index in [0.717, 1.165) is 0 Å². The third-order valence-electron chi connectivity index (χ3n) is 4.15. The number of carbonyl (C=O) groups excluding carboxylic acids is 2. The molecule has 1 unspecified atom stereocenters. The van der Waals surface area contributed by atoms with Gasteiger partial charge in [0.05, 0.1) is 19.5 Å². The third-order valence-corrected chi connectivity index (χ3v) is 4.15. The lowest BCUT2D eigenvalue weighted by Gasteiger charge is -2.33. The summed E-state index contributed by atoms with van der Waals surface area (Å²) in [7, 11) is 0. The number of hydrogen-bond acceptors (Lipinski definition) is 4. The van der Waals surface area contributed by atoms with Crippen molar-refractivity contribution in [2.45, 2.75) is 19.5 Å². The van der Waals surface area contributed by atoms with Gasteiger partial charge in [0.25, 0.3) is 0 Å². The molecule has 25 heavy (non-hydrogen) atoms. The van der Waals surface area contributed by atoms with Gasteiger partial charge in [0.1, 0.15) is 17.6 Å². The zero-order valence-corrected chi connectivity index (χ0v) is 13.8. The summed E-state index contributed by atoms with van der Waals surface area (Å²) in [5.41, 5.74) is 0.982. The van der Waals surface area contributed by atoms with Crippen molar-refractivity contribution in [3.63, 3.8) is 0 Å². The molecule has 1 aliphatic rings. The molecule has 2 aromatic rings. The maximum Gasteiger partial charge on any atom is 0.245 e. The number of benzene rings is 1. The van der Waals surface area contributed by atoms with Crippen molar-refractivity contribution >= 4 is 11.8 Å². The summed E-state index contributed by atoms with van der Waals surface area (Å²) in [5, 5.41) is 2.67. The number of rotatable bonds is 4. The van der Waals surface area contributed by atoms with Crippen LogP contribution in [0.4, 0.5) is 4.39 Å². The molecule has 1 aromatic carbocycles. The number of furan rings is 1. The number of nitrogens with one attached hydrogen (secondary N) is 1. The van der Waals surface area contributed by atoms with E-state index < -0.39 is 11.9 Å². The van der Waals surface area contributed by atoms with Crippen LogP contribution >= 0.6 is 0 Å². The van der Waals surface area contributed by atoms with Crippen LogP contribution in [-0.4, -0.2) is 42.5 Å². The van der Waals surface area contributed by atoms with Crippen molar-refractivity contribution in [1.82, 2.24) is 10.2 Å². The van der Waals surface area contributed by atoms with E-state index in [4.69, 9.17) is 9.15 Å². The van der Waals surface area contributed by atoms with Crippen molar-refractivity contribution in [2.24, 2.45) is 0 Å². The highest BCUT2D eigenvalue weighted by molar-refractivity contribution is 5.87. The van der Waals surface area contributed by atoms with Crippen molar-refractivity contribution in [3.05, 3.63) is 48.0 Å². The molecule has 2 heterocycles. The van der Waals surface area contributed by atoms with Crippen LogP contribution in [0.25, 0.3) is 11.3 Å². The number of ether oxygens (including phenoxy) is 1. The first-order chi connectivity index (χ1) is 12.1. The molecular weight excluding hydrogens is 327 g/mol. The summed E-state index contributed by atoms with van der Waals surface area (Å²) in [6, 6.07) is 7.50. The van der Waals surface area contributed by atoms with E-state index in [2.05, 4.69) is 5.32 Å². The van der Waals surface area contributed by atoms with E-state index in [1.165, 1.54) is 24.2 Å². The van der Waals surface area contributed by atoms with Crippen LogP contribution in [0.1, 0.15) is 12.5 Å². The topological polar surface area (TPSA) is 71.8 Å². The van der Waals surface area contributed by atoms with Crippen LogP contribution in [0, 0.1) is 5.82 Å². The molecule has 0 aliphatic carbocycles.